The minimum Gasteiger partial charge on any atom is -0.372 e. The SMILES string of the molecule is CCC/C=C1\C(C(N)=O)=C2CCCC2=C(N2CCC3(CC2)CNCCO3)N1c1ccccc1C. The number of amides is 1. The molecule has 3 heterocycles. The molecule has 0 bridgehead atoms. The lowest BCUT2D eigenvalue weighted by Crippen LogP contribution is -2.56. The summed E-state index contributed by atoms with van der Waals surface area (Å²) in [4.78, 5) is 17.8. The molecule has 0 unspecified atom stereocenters. The van der Waals surface area contributed by atoms with Crippen LogP contribution in [0.3, 0.4) is 0 Å². The second kappa shape index (κ2) is 9.59. The number of para-hydroxylation sites is 1. The molecule has 34 heavy (non-hydrogen) atoms. The van der Waals surface area contributed by atoms with E-state index in [0.29, 0.717) is 0 Å². The van der Waals surface area contributed by atoms with Crippen LogP contribution in [0.5, 0.6) is 0 Å². The molecule has 4 aliphatic rings. The molecule has 1 amide bonds. The highest BCUT2D eigenvalue weighted by molar-refractivity contribution is 6.01. The average molecular weight is 463 g/mol. The van der Waals surface area contributed by atoms with Crippen molar-refractivity contribution in [2.24, 2.45) is 5.73 Å². The lowest BCUT2D eigenvalue weighted by Gasteiger charge is -2.49. The maximum Gasteiger partial charge on any atom is 0.251 e. The molecule has 2 saturated heterocycles. The molecule has 5 rings (SSSR count). The highest BCUT2D eigenvalue weighted by atomic mass is 16.5. The zero-order valence-corrected chi connectivity index (χ0v) is 20.7. The van der Waals surface area contributed by atoms with Crippen molar-refractivity contribution in [3.63, 3.8) is 0 Å². The fourth-order valence-electron chi connectivity index (χ4n) is 6.08. The van der Waals surface area contributed by atoms with Crippen molar-refractivity contribution >= 4 is 11.6 Å². The summed E-state index contributed by atoms with van der Waals surface area (Å²) in [5, 5.41) is 3.53. The summed E-state index contributed by atoms with van der Waals surface area (Å²) >= 11 is 0. The first-order valence-electron chi connectivity index (χ1n) is 13.0. The first kappa shape index (κ1) is 23.2. The highest BCUT2D eigenvalue weighted by Crippen LogP contribution is 2.48. The molecule has 0 radical (unpaired) electrons. The number of likely N-dealkylation sites (tertiary alicyclic amines) is 1. The third kappa shape index (κ3) is 4.07. The minimum atomic E-state index is -0.311. The van der Waals surface area contributed by atoms with Crippen LogP contribution in [0.2, 0.25) is 0 Å². The summed E-state index contributed by atoms with van der Waals surface area (Å²) < 4.78 is 6.28. The number of nitrogens with zero attached hydrogens (tertiary/aromatic N) is 2. The van der Waals surface area contributed by atoms with Crippen LogP contribution in [-0.2, 0) is 9.53 Å². The summed E-state index contributed by atoms with van der Waals surface area (Å²) in [5.41, 5.74) is 12.5. The number of anilines is 1. The lowest BCUT2D eigenvalue weighted by molar-refractivity contribution is -0.114. The highest BCUT2D eigenvalue weighted by Gasteiger charge is 2.42. The van der Waals surface area contributed by atoms with Crippen molar-refractivity contribution < 1.29 is 9.53 Å². The number of morpholine rings is 1. The molecule has 1 saturated carbocycles. The van der Waals surface area contributed by atoms with Gasteiger partial charge in [0.2, 0.25) is 0 Å². The molecule has 0 atom stereocenters. The number of allylic oxidation sites excluding steroid dienone is 3. The second-order valence-electron chi connectivity index (χ2n) is 10.1. The van der Waals surface area contributed by atoms with Gasteiger partial charge in [0.15, 0.2) is 0 Å². The Kier molecular flexibility index (Phi) is 6.54. The Bertz CT molecular complexity index is 1040. The van der Waals surface area contributed by atoms with E-state index in [4.69, 9.17) is 10.5 Å². The maximum absolute atomic E-state index is 12.9. The van der Waals surface area contributed by atoms with E-state index < -0.39 is 0 Å². The zero-order valence-electron chi connectivity index (χ0n) is 20.7. The minimum absolute atomic E-state index is 0.0459. The van der Waals surface area contributed by atoms with Gasteiger partial charge in [-0.05, 0) is 68.2 Å². The van der Waals surface area contributed by atoms with Gasteiger partial charge in [0.1, 0.15) is 5.82 Å². The van der Waals surface area contributed by atoms with Crippen LogP contribution in [0.1, 0.15) is 57.4 Å². The van der Waals surface area contributed by atoms with Crippen LogP contribution in [-0.4, -0.2) is 49.2 Å². The molecule has 3 N–H and O–H groups in total. The lowest BCUT2D eigenvalue weighted by atomic mass is 9.88. The summed E-state index contributed by atoms with van der Waals surface area (Å²) in [6.07, 6.45) is 9.16. The molecule has 6 nitrogen and oxygen atoms in total. The van der Waals surface area contributed by atoms with Crippen molar-refractivity contribution in [3.05, 3.63) is 64.1 Å². The van der Waals surface area contributed by atoms with Crippen LogP contribution < -0.4 is 16.0 Å². The molecule has 1 aliphatic carbocycles. The van der Waals surface area contributed by atoms with E-state index in [1.165, 1.54) is 22.5 Å². The zero-order chi connectivity index (χ0) is 23.7. The second-order valence-corrected chi connectivity index (χ2v) is 10.1. The predicted octanol–water partition coefficient (Wildman–Crippen LogP) is 4.13. The maximum atomic E-state index is 12.9. The van der Waals surface area contributed by atoms with E-state index in [-0.39, 0.29) is 11.5 Å². The molecule has 1 aromatic carbocycles. The first-order valence-corrected chi connectivity index (χ1v) is 13.0. The fourth-order valence-corrected chi connectivity index (χ4v) is 6.08. The summed E-state index contributed by atoms with van der Waals surface area (Å²) in [6.45, 7) is 8.90. The van der Waals surface area contributed by atoms with Gasteiger partial charge in [-0.2, -0.15) is 0 Å². The van der Waals surface area contributed by atoms with Crippen LogP contribution in [0, 0.1) is 6.92 Å². The number of rotatable bonds is 5. The molecule has 182 valence electrons. The quantitative estimate of drug-likeness (QED) is 0.689. The number of benzene rings is 1. The number of ether oxygens (including phenoxy) is 1. The monoisotopic (exact) mass is 462 g/mol. The number of nitrogens with two attached hydrogens (primary N) is 1. The summed E-state index contributed by atoms with van der Waals surface area (Å²) in [5.74, 6) is 0.946. The number of carbonyl (C=O) groups is 1. The standard InChI is InChI=1S/C28H38N4O2/c1-3-4-11-24-25(26(29)33)21-9-7-10-22(21)27(32(24)23-12-6-5-8-20(23)2)31-16-13-28(14-17-31)19-30-15-18-34-28/h5-6,8,11-12,30H,3-4,7,9-10,13-19H2,1-2H3,(H2,29,33)/b24-11+. The largest absolute Gasteiger partial charge is 0.372 e. The molecular weight excluding hydrogens is 424 g/mol. The molecule has 3 fully saturated rings. The third-order valence-electron chi connectivity index (χ3n) is 7.84. The van der Waals surface area contributed by atoms with Crippen LogP contribution in [0.25, 0.3) is 0 Å². The number of carbonyl (C=O) groups excluding carboxylic acids is 1. The van der Waals surface area contributed by atoms with Gasteiger partial charge in [-0.1, -0.05) is 37.6 Å². The van der Waals surface area contributed by atoms with Crippen molar-refractivity contribution in [2.75, 3.05) is 37.7 Å². The number of unbranched alkanes of at least 4 members (excludes halogenated alkanes) is 1. The Morgan fingerprint density at radius 1 is 1.21 bits per heavy atom. The van der Waals surface area contributed by atoms with Crippen molar-refractivity contribution in [1.29, 1.82) is 0 Å². The van der Waals surface area contributed by atoms with Crippen molar-refractivity contribution in [1.82, 2.24) is 10.2 Å². The molecule has 0 aromatic heterocycles. The number of hydrogen-bond donors (Lipinski definition) is 2. The third-order valence-corrected chi connectivity index (χ3v) is 7.84. The Morgan fingerprint density at radius 2 is 1.97 bits per heavy atom. The Balaban J connectivity index is 1.63. The van der Waals surface area contributed by atoms with Crippen molar-refractivity contribution in [3.8, 4) is 0 Å². The van der Waals surface area contributed by atoms with E-state index >= 15 is 0 Å². The molecule has 1 spiro atoms. The van der Waals surface area contributed by atoms with E-state index in [2.05, 4.69) is 59.3 Å². The van der Waals surface area contributed by atoms with Gasteiger partial charge < -0.3 is 20.7 Å². The van der Waals surface area contributed by atoms with Crippen molar-refractivity contribution in [2.45, 2.75) is 64.4 Å². The predicted molar refractivity (Wildman–Crippen MR) is 136 cm³/mol. The van der Waals surface area contributed by atoms with Gasteiger partial charge in [-0.3, -0.25) is 9.69 Å². The van der Waals surface area contributed by atoms with Crippen LogP contribution >= 0.6 is 0 Å². The van der Waals surface area contributed by atoms with Gasteiger partial charge in [0, 0.05) is 26.2 Å². The van der Waals surface area contributed by atoms with E-state index in [0.717, 1.165) is 94.7 Å². The van der Waals surface area contributed by atoms with E-state index in [1.54, 1.807) is 0 Å². The first-order chi connectivity index (χ1) is 16.5. The molecular formula is C28H38N4O2. The number of fused-ring (bicyclic) bond motifs is 1. The Morgan fingerprint density at radius 3 is 2.65 bits per heavy atom. The summed E-state index contributed by atoms with van der Waals surface area (Å²) in [6, 6.07) is 8.50. The number of primary amides is 1. The van der Waals surface area contributed by atoms with Crippen LogP contribution in [0.15, 0.2) is 58.6 Å². The molecule has 3 aliphatic heterocycles. The van der Waals surface area contributed by atoms with E-state index in [1.807, 2.05) is 0 Å². The van der Waals surface area contributed by atoms with Gasteiger partial charge in [-0.15, -0.1) is 0 Å². The molecule has 6 heteroatoms. The molecule has 1 aromatic rings. The van der Waals surface area contributed by atoms with Gasteiger partial charge in [0.05, 0.1) is 29.2 Å². The number of nitrogens with one attached hydrogen (secondary N) is 1. The van der Waals surface area contributed by atoms with Gasteiger partial charge in [-0.25, -0.2) is 0 Å². The van der Waals surface area contributed by atoms with E-state index in [9.17, 15) is 4.79 Å². The van der Waals surface area contributed by atoms with Crippen LogP contribution in [0.4, 0.5) is 5.69 Å². The van der Waals surface area contributed by atoms with Gasteiger partial charge >= 0.3 is 0 Å². The topological polar surface area (TPSA) is 70.8 Å². The number of piperidine rings is 1. The fraction of sp³-hybridized carbons (Fsp3) is 0.536. The smallest absolute Gasteiger partial charge is 0.251 e. The van der Waals surface area contributed by atoms with Gasteiger partial charge in [0.25, 0.3) is 5.91 Å². The number of hydrogen-bond acceptors (Lipinski definition) is 5. The Labute approximate surface area is 203 Å². The normalized spacial score (nSPS) is 23.8. The number of aryl methyl sites for hydroxylation is 1. The Hall–Kier alpha value is -2.57. The average Bonchev–Trinajstić information content (AvgIpc) is 3.32. The summed E-state index contributed by atoms with van der Waals surface area (Å²) in [7, 11) is 0.